The number of rotatable bonds is 6. The van der Waals surface area contributed by atoms with Gasteiger partial charge in [0, 0.05) is 12.1 Å². The van der Waals surface area contributed by atoms with E-state index in [0.29, 0.717) is 47.5 Å². The van der Waals surface area contributed by atoms with Gasteiger partial charge in [0.1, 0.15) is 18.5 Å². The highest BCUT2D eigenvalue weighted by Crippen LogP contribution is 2.34. The Morgan fingerprint density at radius 3 is 2.38 bits per heavy atom. The third kappa shape index (κ3) is 3.61. The molecule has 3 rings (SSSR count). The molecule has 0 fully saturated rings. The first-order chi connectivity index (χ1) is 12.7. The Morgan fingerprint density at radius 1 is 1.04 bits per heavy atom. The average molecular weight is 359 g/mol. The van der Waals surface area contributed by atoms with Gasteiger partial charge in [-0.1, -0.05) is 12.1 Å². The van der Waals surface area contributed by atoms with Crippen LogP contribution in [0.25, 0.3) is 0 Å². The summed E-state index contributed by atoms with van der Waals surface area (Å²) in [5.74, 6) is 2.40. The normalized spacial score (nSPS) is 15.1. The van der Waals surface area contributed by atoms with E-state index in [1.807, 2.05) is 24.3 Å². The fraction of sp³-hybridized carbons (Fsp3) is 0.316. The number of carbonyl (C=O) groups excluding carboxylic acids is 1. The summed E-state index contributed by atoms with van der Waals surface area (Å²) < 4.78 is 27.3. The molecule has 1 N–H and O–H groups in total. The van der Waals surface area contributed by atoms with Crippen LogP contribution in [0.4, 0.5) is 0 Å². The minimum Gasteiger partial charge on any atom is -0.496 e. The largest absolute Gasteiger partial charge is 0.496 e. The SMILES string of the molecule is COc1cc(OC)c(C(=O)NCC2COc3ccccc3O2)cc1OC. The quantitative estimate of drug-likeness (QED) is 0.853. The van der Waals surface area contributed by atoms with Crippen LogP contribution >= 0.6 is 0 Å². The molecule has 1 aliphatic heterocycles. The van der Waals surface area contributed by atoms with E-state index in [1.54, 1.807) is 12.1 Å². The lowest BCUT2D eigenvalue weighted by atomic mass is 10.1. The number of nitrogens with one attached hydrogen (secondary N) is 1. The van der Waals surface area contributed by atoms with Gasteiger partial charge in [0.05, 0.1) is 33.4 Å². The topological polar surface area (TPSA) is 75.3 Å². The van der Waals surface area contributed by atoms with E-state index < -0.39 is 0 Å². The molecule has 0 bridgehead atoms. The minimum atomic E-state index is -0.301. The summed E-state index contributed by atoms with van der Waals surface area (Å²) in [6.45, 7) is 0.658. The first kappa shape index (κ1) is 17.7. The molecular formula is C19H21NO6. The zero-order chi connectivity index (χ0) is 18.5. The second-order valence-corrected chi connectivity index (χ2v) is 5.62. The third-order valence-corrected chi connectivity index (χ3v) is 4.01. The number of methoxy groups -OCH3 is 3. The van der Waals surface area contributed by atoms with E-state index in [4.69, 9.17) is 23.7 Å². The number of carbonyl (C=O) groups is 1. The number of para-hydroxylation sites is 2. The minimum absolute atomic E-state index is 0.278. The number of ether oxygens (including phenoxy) is 5. The van der Waals surface area contributed by atoms with Crippen LogP contribution in [-0.2, 0) is 0 Å². The molecule has 0 aliphatic carbocycles. The fourth-order valence-corrected chi connectivity index (χ4v) is 2.67. The first-order valence-electron chi connectivity index (χ1n) is 8.13. The lowest BCUT2D eigenvalue weighted by Crippen LogP contribution is -2.40. The molecule has 138 valence electrons. The van der Waals surface area contributed by atoms with Crippen molar-refractivity contribution in [2.75, 3.05) is 34.5 Å². The Kier molecular flexibility index (Phi) is 5.36. The number of amides is 1. The highest BCUT2D eigenvalue weighted by Gasteiger charge is 2.23. The Hall–Kier alpha value is -3.09. The van der Waals surface area contributed by atoms with Gasteiger partial charge >= 0.3 is 0 Å². The number of benzene rings is 2. The molecule has 0 aromatic heterocycles. The van der Waals surface area contributed by atoms with Gasteiger partial charge in [-0.25, -0.2) is 0 Å². The molecule has 1 amide bonds. The summed E-state index contributed by atoms with van der Waals surface area (Å²) in [4.78, 5) is 12.6. The van der Waals surface area contributed by atoms with Crippen molar-refractivity contribution in [3.63, 3.8) is 0 Å². The molecule has 7 nitrogen and oxygen atoms in total. The molecule has 0 spiro atoms. The second-order valence-electron chi connectivity index (χ2n) is 5.62. The monoisotopic (exact) mass is 359 g/mol. The number of hydrogen-bond donors (Lipinski definition) is 1. The molecule has 1 aliphatic rings. The summed E-state index contributed by atoms with van der Waals surface area (Å²) in [6, 6.07) is 10.6. The molecule has 0 radical (unpaired) electrons. The van der Waals surface area contributed by atoms with Crippen molar-refractivity contribution in [1.29, 1.82) is 0 Å². The molecular weight excluding hydrogens is 338 g/mol. The van der Waals surface area contributed by atoms with Crippen LogP contribution in [-0.4, -0.2) is 46.5 Å². The van der Waals surface area contributed by atoms with E-state index >= 15 is 0 Å². The predicted molar refractivity (Wildman–Crippen MR) is 94.8 cm³/mol. The first-order valence-corrected chi connectivity index (χ1v) is 8.13. The second kappa shape index (κ2) is 7.86. The summed E-state index contributed by atoms with van der Waals surface area (Å²) >= 11 is 0. The van der Waals surface area contributed by atoms with Crippen LogP contribution in [0.3, 0.4) is 0 Å². The lowest BCUT2D eigenvalue weighted by Gasteiger charge is -2.26. The van der Waals surface area contributed by atoms with Crippen molar-refractivity contribution in [2.45, 2.75) is 6.10 Å². The molecule has 1 unspecified atom stereocenters. The maximum Gasteiger partial charge on any atom is 0.255 e. The van der Waals surface area contributed by atoms with Crippen LogP contribution < -0.4 is 29.0 Å². The highest BCUT2D eigenvalue weighted by atomic mass is 16.6. The highest BCUT2D eigenvalue weighted by molar-refractivity contribution is 5.97. The fourth-order valence-electron chi connectivity index (χ4n) is 2.67. The van der Waals surface area contributed by atoms with Gasteiger partial charge < -0.3 is 29.0 Å². The van der Waals surface area contributed by atoms with Gasteiger partial charge in [0.15, 0.2) is 23.0 Å². The van der Waals surface area contributed by atoms with Crippen molar-refractivity contribution < 1.29 is 28.5 Å². The Labute approximate surface area is 151 Å². The van der Waals surface area contributed by atoms with E-state index in [0.717, 1.165) is 0 Å². The summed E-state index contributed by atoms with van der Waals surface area (Å²) in [5.41, 5.74) is 0.349. The number of fused-ring (bicyclic) bond motifs is 1. The van der Waals surface area contributed by atoms with Crippen LogP contribution in [0.1, 0.15) is 10.4 Å². The maximum atomic E-state index is 12.6. The van der Waals surface area contributed by atoms with Crippen molar-refractivity contribution in [3.8, 4) is 28.7 Å². The summed E-state index contributed by atoms with van der Waals surface area (Å²) in [7, 11) is 4.53. The van der Waals surface area contributed by atoms with Gasteiger partial charge in [-0.3, -0.25) is 4.79 Å². The standard InChI is InChI=1S/C19H21NO6/c1-22-16-9-18(24-3)17(23-2)8-13(16)19(21)20-10-12-11-25-14-6-4-5-7-15(14)26-12/h4-9,12H,10-11H2,1-3H3,(H,20,21). The van der Waals surface area contributed by atoms with Gasteiger partial charge in [0.25, 0.3) is 5.91 Å². The molecule has 7 heteroatoms. The smallest absolute Gasteiger partial charge is 0.255 e. The van der Waals surface area contributed by atoms with E-state index in [1.165, 1.54) is 21.3 Å². The van der Waals surface area contributed by atoms with E-state index in [2.05, 4.69) is 5.32 Å². The van der Waals surface area contributed by atoms with Crippen molar-refractivity contribution in [3.05, 3.63) is 42.0 Å². The predicted octanol–water partition coefficient (Wildman–Crippen LogP) is 2.28. The van der Waals surface area contributed by atoms with Gasteiger partial charge in [0.2, 0.25) is 0 Å². The van der Waals surface area contributed by atoms with Crippen molar-refractivity contribution >= 4 is 5.91 Å². The van der Waals surface area contributed by atoms with Gasteiger partial charge in [-0.2, -0.15) is 0 Å². The van der Waals surface area contributed by atoms with Crippen LogP contribution in [0.15, 0.2) is 36.4 Å². The Morgan fingerprint density at radius 2 is 1.69 bits per heavy atom. The molecule has 1 heterocycles. The summed E-state index contributed by atoms with van der Waals surface area (Å²) in [6.07, 6.45) is -0.278. The van der Waals surface area contributed by atoms with Gasteiger partial charge in [-0.05, 0) is 12.1 Å². The lowest BCUT2D eigenvalue weighted by molar-refractivity contribution is 0.0787. The molecule has 2 aromatic rings. The van der Waals surface area contributed by atoms with E-state index in [-0.39, 0.29) is 12.0 Å². The third-order valence-electron chi connectivity index (χ3n) is 4.01. The molecule has 2 aromatic carbocycles. The molecule has 26 heavy (non-hydrogen) atoms. The van der Waals surface area contributed by atoms with Crippen LogP contribution in [0, 0.1) is 0 Å². The van der Waals surface area contributed by atoms with Crippen LogP contribution in [0.2, 0.25) is 0 Å². The summed E-state index contributed by atoms with van der Waals surface area (Å²) in [5, 5.41) is 2.84. The van der Waals surface area contributed by atoms with Crippen molar-refractivity contribution in [2.24, 2.45) is 0 Å². The zero-order valence-electron chi connectivity index (χ0n) is 14.9. The maximum absolute atomic E-state index is 12.6. The van der Waals surface area contributed by atoms with Gasteiger partial charge in [-0.15, -0.1) is 0 Å². The Bertz CT molecular complexity index is 792. The molecule has 0 saturated heterocycles. The van der Waals surface area contributed by atoms with Crippen molar-refractivity contribution in [1.82, 2.24) is 5.32 Å². The zero-order valence-corrected chi connectivity index (χ0v) is 14.9. The molecule has 1 atom stereocenters. The van der Waals surface area contributed by atoms with Crippen LogP contribution in [0.5, 0.6) is 28.7 Å². The van der Waals surface area contributed by atoms with E-state index in [9.17, 15) is 4.79 Å². The number of hydrogen-bond acceptors (Lipinski definition) is 6. The Balaban J connectivity index is 1.69. The molecule has 0 saturated carbocycles. The average Bonchev–Trinajstić information content (AvgIpc) is 2.70.